The highest BCUT2D eigenvalue weighted by atomic mass is 15.2. The predicted molar refractivity (Wildman–Crippen MR) is 98.8 cm³/mol. The third-order valence-electron chi connectivity index (χ3n) is 5.16. The van der Waals surface area contributed by atoms with E-state index in [1.807, 2.05) is 0 Å². The molecule has 1 aliphatic heterocycles. The van der Waals surface area contributed by atoms with E-state index in [-0.39, 0.29) is 0 Å². The predicted octanol–water partition coefficient (Wildman–Crippen LogP) is 5.33. The zero-order valence-electron chi connectivity index (χ0n) is 14.8. The Balaban J connectivity index is 1.70. The summed E-state index contributed by atoms with van der Waals surface area (Å²) in [5.41, 5.74) is 5.88. The molecule has 1 fully saturated rings. The van der Waals surface area contributed by atoms with Crippen LogP contribution >= 0.6 is 0 Å². The first-order valence-electron chi connectivity index (χ1n) is 9.01. The maximum absolute atomic E-state index is 2.67. The molecule has 3 rings (SSSR count). The molecule has 1 saturated heterocycles. The van der Waals surface area contributed by atoms with Crippen LogP contribution in [0.2, 0.25) is 0 Å². The van der Waals surface area contributed by atoms with Gasteiger partial charge in [0.15, 0.2) is 0 Å². The number of nitrogens with zero attached hydrogens (tertiary/aromatic N) is 1. The van der Waals surface area contributed by atoms with Crippen LogP contribution in [-0.2, 0) is 13.0 Å². The van der Waals surface area contributed by atoms with Crippen molar-refractivity contribution in [1.82, 2.24) is 4.90 Å². The monoisotopic (exact) mass is 307 g/mol. The third kappa shape index (κ3) is 4.03. The van der Waals surface area contributed by atoms with Gasteiger partial charge in [0.2, 0.25) is 0 Å². The Morgan fingerprint density at radius 2 is 1.83 bits per heavy atom. The molecule has 0 aromatic heterocycles. The Bertz CT molecular complexity index is 630. The molecular formula is C22H29N. The summed E-state index contributed by atoms with van der Waals surface area (Å²) in [5.74, 6) is 0.610. The molecule has 1 heterocycles. The van der Waals surface area contributed by atoms with Gasteiger partial charge in [0, 0.05) is 12.6 Å². The molecule has 122 valence electrons. The van der Waals surface area contributed by atoms with Gasteiger partial charge in [0.25, 0.3) is 0 Å². The SMILES string of the molecule is Cc1ccc(CC2CCCN2Cc2ccccc2)cc1C(C)C. The fourth-order valence-electron chi connectivity index (χ4n) is 3.86. The highest BCUT2D eigenvalue weighted by Gasteiger charge is 2.24. The zero-order chi connectivity index (χ0) is 16.2. The van der Waals surface area contributed by atoms with Gasteiger partial charge in [-0.05, 0) is 60.9 Å². The normalized spacial score (nSPS) is 18.7. The van der Waals surface area contributed by atoms with Gasteiger partial charge in [-0.2, -0.15) is 0 Å². The second-order valence-corrected chi connectivity index (χ2v) is 7.30. The number of rotatable bonds is 5. The van der Waals surface area contributed by atoms with Crippen LogP contribution in [0.4, 0.5) is 0 Å². The topological polar surface area (TPSA) is 3.24 Å². The van der Waals surface area contributed by atoms with Gasteiger partial charge in [0.05, 0.1) is 0 Å². The molecule has 1 atom stereocenters. The minimum absolute atomic E-state index is 0.610. The van der Waals surface area contributed by atoms with Crippen LogP contribution in [-0.4, -0.2) is 17.5 Å². The highest BCUT2D eigenvalue weighted by Crippen LogP contribution is 2.26. The summed E-state index contributed by atoms with van der Waals surface area (Å²) in [6.07, 6.45) is 3.85. The second kappa shape index (κ2) is 7.31. The lowest BCUT2D eigenvalue weighted by Gasteiger charge is -2.25. The van der Waals surface area contributed by atoms with Gasteiger partial charge < -0.3 is 0 Å². The standard InChI is InChI=1S/C22H29N/c1-17(2)22-15-20(12-11-18(22)3)14-21-10-7-13-23(21)16-19-8-5-4-6-9-19/h4-6,8-9,11-12,15,17,21H,7,10,13-14,16H2,1-3H3. The maximum atomic E-state index is 2.67. The fraction of sp³-hybridized carbons (Fsp3) is 0.455. The summed E-state index contributed by atoms with van der Waals surface area (Å²) in [5, 5.41) is 0. The summed E-state index contributed by atoms with van der Waals surface area (Å²) < 4.78 is 0. The Morgan fingerprint density at radius 3 is 2.57 bits per heavy atom. The quantitative estimate of drug-likeness (QED) is 0.722. The molecule has 0 N–H and O–H groups in total. The van der Waals surface area contributed by atoms with E-state index in [1.54, 1.807) is 0 Å². The maximum Gasteiger partial charge on any atom is 0.0236 e. The van der Waals surface area contributed by atoms with Gasteiger partial charge in [-0.1, -0.05) is 62.4 Å². The summed E-state index contributed by atoms with van der Waals surface area (Å²) in [6.45, 7) is 9.15. The van der Waals surface area contributed by atoms with Crippen molar-refractivity contribution in [2.24, 2.45) is 0 Å². The minimum Gasteiger partial charge on any atom is -0.296 e. The van der Waals surface area contributed by atoms with E-state index in [1.165, 1.54) is 48.1 Å². The zero-order valence-corrected chi connectivity index (χ0v) is 14.8. The lowest BCUT2D eigenvalue weighted by molar-refractivity contribution is 0.244. The van der Waals surface area contributed by atoms with Gasteiger partial charge >= 0.3 is 0 Å². The number of hydrogen-bond donors (Lipinski definition) is 0. The first kappa shape index (κ1) is 16.3. The third-order valence-corrected chi connectivity index (χ3v) is 5.16. The van der Waals surface area contributed by atoms with Crippen LogP contribution in [0.15, 0.2) is 48.5 Å². The number of likely N-dealkylation sites (tertiary alicyclic amines) is 1. The van der Waals surface area contributed by atoms with Crippen molar-refractivity contribution in [2.45, 2.75) is 58.5 Å². The molecule has 0 spiro atoms. The molecule has 0 aliphatic carbocycles. The molecule has 1 unspecified atom stereocenters. The van der Waals surface area contributed by atoms with Crippen molar-refractivity contribution in [3.05, 3.63) is 70.8 Å². The van der Waals surface area contributed by atoms with Crippen molar-refractivity contribution >= 4 is 0 Å². The Kier molecular flexibility index (Phi) is 5.17. The molecule has 1 nitrogen and oxygen atoms in total. The van der Waals surface area contributed by atoms with E-state index in [9.17, 15) is 0 Å². The van der Waals surface area contributed by atoms with Crippen LogP contribution in [0.5, 0.6) is 0 Å². The van der Waals surface area contributed by atoms with E-state index in [4.69, 9.17) is 0 Å². The van der Waals surface area contributed by atoms with Gasteiger partial charge in [-0.15, -0.1) is 0 Å². The first-order chi connectivity index (χ1) is 11.1. The fourth-order valence-corrected chi connectivity index (χ4v) is 3.86. The number of benzene rings is 2. The molecule has 0 radical (unpaired) electrons. The van der Waals surface area contributed by atoms with E-state index >= 15 is 0 Å². The van der Waals surface area contributed by atoms with Crippen LogP contribution in [0.1, 0.15) is 54.9 Å². The summed E-state index contributed by atoms with van der Waals surface area (Å²) in [7, 11) is 0. The van der Waals surface area contributed by atoms with Crippen LogP contribution in [0.3, 0.4) is 0 Å². The van der Waals surface area contributed by atoms with Crippen molar-refractivity contribution in [3.8, 4) is 0 Å². The van der Waals surface area contributed by atoms with Gasteiger partial charge in [0.1, 0.15) is 0 Å². The van der Waals surface area contributed by atoms with Crippen molar-refractivity contribution < 1.29 is 0 Å². The molecule has 2 aromatic carbocycles. The van der Waals surface area contributed by atoms with Crippen molar-refractivity contribution in [3.63, 3.8) is 0 Å². The van der Waals surface area contributed by atoms with Crippen LogP contribution in [0.25, 0.3) is 0 Å². The molecule has 23 heavy (non-hydrogen) atoms. The van der Waals surface area contributed by atoms with Crippen LogP contribution < -0.4 is 0 Å². The van der Waals surface area contributed by atoms with E-state index < -0.39 is 0 Å². The molecule has 2 aromatic rings. The molecule has 0 bridgehead atoms. The molecule has 1 heteroatoms. The van der Waals surface area contributed by atoms with Crippen molar-refractivity contribution in [1.29, 1.82) is 0 Å². The average molecular weight is 307 g/mol. The Hall–Kier alpha value is -1.60. The minimum atomic E-state index is 0.610. The lowest BCUT2D eigenvalue weighted by Crippen LogP contribution is -2.30. The molecule has 1 aliphatic rings. The summed E-state index contributed by atoms with van der Waals surface area (Å²) in [6, 6.07) is 18.7. The van der Waals surface area contributed by atoms with E-state index in [0.717, 1.165) is 6.54 Å². The van der Waals surface area contributed by atoms with Gasteiger partial charge in [-0.3, -0.25) is 4.90 Å². The van der Waals surface area contributed by atoms with Crippen molar-refractivity contribution in [2.75, 3.05) is 6.54 Å². The smallest absolute Gasteiger partial charge is 0.0236 e. The van der Waals surface area contributed by atoms with E-state index in [2.05, 4.69) is 74.2 Å². The Labute approximate surface area is 141 Å². The van der Waals surface area contributed by atoms with E-state index in [0.29, 0.717) is 12.0 Å². The van der Waals surface area contributed by atoms with Crippen LogP contribution in [0, 0.1) is 6.92 Å². The highest BCUT2D eigenvalue weighted by molar-refractivity contribution is 5.33. The van der Waals surface area contributed by atoms with Gasteiger partial charge in [-0.25, -0.2) is 0 Å². The first-order valence-corrected chi connectivity index (χ1v) is 9.01. The number of aryl methyl sites for hydroxylation is 1. The summed E-state index contributed by atoms with van der Waals surface area (Å²) in [4.78, 5) is 2.67. The lowest BCUT2D eigenvalue weighted by atomic mass is 9.93. The molecule has 0 saturated carbocycles. The second-order valence-electron chi connectivity index (χ2n) is 7.30. The summed E-state index contributed by atoms with van der Waals surface area (Å²) >= 11 is 0. The molecule has 0 amide bonds. The largest absolute Gasteiger partial charge is 0.296 e. The average Bonchev–Trinajstić information content (AvgIpc) is 2.97. The number of hydrogen-bond acceptors (Lipinski definition) is 1. The Morgan fingerprint density at radius 1 is 1.04 bits per heavy atom. The molecular weight excluding hydrogens is 278 g/mol.